The van der Waals surface area contributed by atoms with Crippen LogP contribution in [-0.2, 0) is 23.6 Å². The monoisotopic (exact) mass is 360 g/mol. The van der Waals surface area contributed by atoms with Gasteiger partial charge in [-0.15, -0.1) is 0 Å². The number of carbonyl (C=O) groups is 1. The van der Waals surface area contributed by atoms with Gasteiger partial charge in [-0.05, 0) is 29.8 Å². The Balaban J connectivity index is 1.78. The van der Waals surface area contributed by atoms with E-state index in [0.29, 0.717) is 5.82 Å². The van der Waals surface area contributed by atoms with Crippen LogP contribution in [0.25, 0.3) is 5.82 Å². The van der Waals surface area contributed by atoms with Crippen molar-refractivity contribution in [3.63, 3.8) is 0 Å². The molecule has 3 heterocycles. The van der Waals surface area contributed by atoms with Crippen molar-refractivity contribution in [3.8, 4) is 5.82 Å². The van der Waals surface area contributed by atoms with Crippen LogP contribution >= 0.6 is 0 Å². The molecule has 10 heteroatoms. The number of hydrogen-bond donors (Lipinski definition) is 2. The summed E-state index contributed by atoms with van der Waals surface area (Å²) >= 11 is 0. The summed E-state index contributed by atoms with van der Waals surface area (Å²) in [4.78, 5) is 15.4. The molecule has 0 saturated heterocycles. The number of rotatable bonds is 6. The van der Waals surface area contributed by atoms with Crippen LogP contribution in [-0.4, -0.2) is 33.7 Å². The minimum atomic E-state index is -3.78. The molecule has 3 N–H and O–H groups in total. The van der Waals surface area contributed by atoms with Gasteiger partial charge in [-0.2, -0.15) is 5.10 Å². The van der Waals surface area contributed by atoms with Gasteiger partial charge in [-0.3, -0.25) is 4.79 Å². The molecule has 0 aliphatic heterocycles. The van der Waals surface area contributed by atoms with E-state index in [1.54, 1.807) is 48.5 Å². The molecule has 9 nitrogen and oxygen atoms in total. The maximum Gasteiger partial charge on any atom is 0.265 e. The number of pyridine rings is 1. The first-order valence-electron chi connectivity index (χ1n) is 7.27. The zero-order valence-corrected chi connectivity index (χ0v) is 14.1. The fourth-order valence-corrected chi connectivity index (χ4v) is 3.37. The molecule has 0 aliphatic rings. The third-order valence-corrected chi connectivity index (χ3v) is 4.93. The van der Waals surface area contributed by atoms with Gasteiger partial charge in [0.15, 0.2) is 5.82 Å². The number of carbonyl (C=O) groups excluding carboxylic acids is 1. The van der Waals surface area contributed by atoms with Crippen LogP contribution in [0.15, 0.2) is 53.9 Å². The maximum atomic E-state index is 12.4. The van der Waals surface area contributed by atoms with Crippen molar-refractivity contribution in [1.29, 1.82) is 0 Å². The molecule has 0 radical (unpaired) electrons. The van der Waals surface area contributed by atoms with E-state index in [4.69, 9.17) is 5.73 Å². The Bertz CT molecular complexity index is 1010. The average molecular weight is 360 g/mol. The highest BCUT2D eigenvalue weighted by molar-refractivity contribution is 7.89. The van der Waals surface area contributed by atoms with Gasteiger partial charge in [0.05, 0.1) is 0 Å². The predicted molar refractivity (Wildman–Crippen MR) is 89.3 cm³/mol. The van der Waals surface area contributed by atoms with Crippen LogP contribution in [0.2, 0.25) is 0 Å². The lowest BCUT2D eigenvalue weighted by atomic mass is 10.2. The Morgan fingerprint density at radius 3 is 2.76 bits per heavy atom. The number of nitrogens with zero attached hydrogens (tertiary/aromatic N) is 4. The summed E-state index contributed by atoms with van der Waals surface area (Å²) in [7, 11) is -2.23. The highest BCUT2D eigenvalue weighted by Crippen LogP contribution is 2.14. The number of sulfonamides is 1. The highest BCUT2D eigenvalue weighted by atomic mass is 32.2. The van der Waals surface area contributed by atoms with Crippen LogP contribution in [0.3, 0.4) is 0 Å². The zero-order valence-electron chi connectivity index (χ0n) is 13.3. The highest BCUT2D eigenvalue weighted by Gasteiger charge is 2.19. The molecule has 130 valence electrons. The largest absolute Gasteiger partial charge is 0.364 e. The number of amides is 1. The Morgan fingerprint density at radius 2 is 2.12 bits per heavy atom. The van der Waals surface area contributed by atoms with E-state index in [1.807, 2.05) is 0 Å². The van der Waals surface area contributed by atoms with Gasteiger partial charge in [-0.25, -0.2) is 22.8 Å². The lowest BCUT2D eigenvalue weighted by Gasteiger charge is -2.07. The van der Waals surface area contributed by atoms with E-state index in [1.165, 1.54) is 16.8 Å². The SMILES string of the molecule is Cn1cc(S(=O)(=O)NCc2ccnc(-n3cccn3)c2)cc1C(N)=O. The number of nitrogens with two attached hydrogens (primary N) is 1. The number of primary amides is 1. The third kappa shape index (κ3) is 3.59. The van der Waals surface area contributed by atoms with Crippen molar-refractivity contribution in [2.24, 2.45) is 12.8 Å². The average Bonchev–Trinajstić information content (AvgIpc) is 3.23. The number of aromatic nitrogens is 4. The standard InChI is InChI=1S/C15H16N6O3S/c1-20-10-12(8-13(20)15(16)22)25(23,24)19-9-11-3-5-17-14(7-11)21-6-2-4-18-21/h2-8,10,19H,9H2,1H3,(H2,16,22). The van der Waals surface area contributed by atoms with Gasteiger partial charge in [0.1, 0.15) is 10.6 Å². The molecule has 0 fully saturated rings. The van der Waals surface area contributed by atoms with E-state index >= 15 is 0 Å². The molecule has 0 saturated carbocycles. The summed E-state index contributed by atoms with van der Waals surface area (Å²) in [5.41, 5.74) is 6.04. The zero-order chi connectivity index (χ0) is 18.0. The van der Waals surface area contributed by atoms with E-state index in [2.05, 4.69) is 14.8 Å². The third-order valence-electron chi connectivity index (χ3n) is 3.56. The first-order valence-corrected chi connectivity index (χ1v) is 8.76. The van der Waals surface area contributed by atoms with Crippen molar-refractivity contribution in [3.05, 3.63) is 60.3 Å². The summed E-state index contributed by atoms with van der Waals surface area (Å²) in [6, 6.07) is 6.44. The summed E-state index contributed by atoms with van der Waals surface area (Å²) in [5.74, 6) is -0.112. The summed E-state index contributed by atoms with van der Waals surface area (Å²) < 4.78 is 30.2. The lowest BCUT2D eigenvalue weighted by molar-refractivity contribution is 0.0992. The molecular weight excluding hydrogens is 344 g/mol. The topological polar surface area (TPSA) is 125 Å². The Hall–Kier alpha value is -2.98. The number of hydrogen-bond acceptors (Lipinski definition) is 5. The molecule has 0 unspecified atom stereocenters. The molecule has 25 heavy (non-hydrogen) atoms. The van der Waals surface area contributed by atoms with Crippen LogP contribution in [0, 0.1) is 0 Å². The normalized spacial score (nSPS) is 11.6. The summed E-state index contributed by atoms with van der Waals surface area (Å²) in [6.07, 6.45) is 6.28. The predicted octanol–water partition coefficient (Wildman–Crippen LogP) is 0.183. The molecule has 0 spiro atoms. The molecule has 3 aromatic heterocycles. The maximum absolute atomic E-state index is 12.4. The fourth-order valence-electron chi connectivity index (χ4n) is 2.29. The lowest BCUT2D eigenvalue weighted by Crippen LogP contribution is -2.23. The van der Waals surface area contributed by atoms with Gasteiger partial charge >= 0.3 is 0 Å². The minimum absolute atomic E-state index is 0.0230. The van der Waals surface area contributed by atoms with Gasteiger partial charge in [0.2, 0.25) is 10.0 Å². The van der Waals surface area contributed by atoms with E-state index in [0.717, 1.165) is 5.56 Å². The number of aryl methyl sites for hydroxylation is 1. The van der Waals surface area contributed by atoms with E-state index in [9.17, 15) is 13.2 Å². The summed E-state index contributed by atoms with van der Waals surface area (Å²) in [6.45, 7) is 0.0694. The molecule has 0 aliphatic carbocycles. The first-order chi connectivity index (χ1) is 11.9. The quantitative estimate of drug-likeness (QED) is 0.649. The molecule has 3 rings (SSSR count). The molecular formula is C15H16N6O3S. The second-order valence-electron chi connectivity index (χ2n) is 5.33. The molecule has 0 atom stereocenters. The minimum Gasteiger partial charge on any atom is -0.364 e. The second-order valence-corrected chi connectivity index (χ2v) is 7.10. The van der Waals surface area contributed by atoms with Crippen molar-refractivity contribution < 1.29 is 13.2 Å². The van der Waals surface area contributed by atoms with Crippen LogP contribution < -0.4 is 10.5 Å². The molecule has 3 aromatic rings. The van der Waals surface area contributed by atoms with Crippen molar-refractivity contribution in [2.75, 3.05) is 0 Å². The van der Waals surface area contributed by atoms with Crippen molar-refractivity contribution in [2.45, 2.75) is 11.4 Å². The Kier molecular flexibility index (Phi) is 4.38. The van der Waals surface area contributed by atoms with Gasteiger partial charge in [0.25, 0.3) is 5.91 Å². The Morgan fingerprint density at radius 1 is 1.32 bits per heavy atom. The van der Waals surface area contributed by atoms with Crippen LogP contribution in [0.4, 0.5) is 0 Å². The first kappa shape index (κ1) is 16.9. The van der Waals surface area contributed by atoms with Crippen LogP contribution in [0.1, 0.15) is 16.1 Å². The second kappa shape index (κ2) is 6.49. The van der Waals surface area contributed by atoms with Gasteiger partial charge in [-0.1, -0.05) is 0 Å². The van der Waals surface area contributed by atoms with E-state index in [-0.39, 0.29) is 17.1 Å². The molecule has 0 aromatic carbocycles. The van der Waals surface area contributed by atoms with E-state index < -0.39 is 15.9 Å². The fraction of sp³-hybridized carbons (Fsp3) is 0.133. The van der Waals surface area contributed by atoms with Gasteiger partial charge < -0.3 is 10.3 Å². The molecule has 1 amide bonds. The van der Waals surface area contributed by atoms with Crippen molar-refractivity contribution in [1.82, 2.24) is 24.1 Å². The van der Waals surface area contributed by atoms with Crippen LogP contribution in [0.5, 0.6) is 0 Å². The molecule has 0 bridgehead atoms. The van der Waals surface area contributed by atoms with Crippen molar-refractivity contribution >= 4 is 15.9 Å². The Labute approximate surface area is 144 Å². The smallest absolute Gasteiger partial charge is 0.265 e. The number of nitrogens with one attached hydrogen (secondary N) is 1. The summed E-state index contributed by atoms with van der Waals surface area (Å²) in [5, 5.41) is 4.08. The van der Waals surface area contributed by atoms with Gasteiger partial charge in [0, 0.05) is 38.4 Å².